The zero-order chi connectivity index (χ0) is 19.1. The molecule has 0 aliphatic heterocycles. The highest BCUT2D eigenvalue weighted by Crippen LogP contribution is 2.15. The molecule has 0 saturated carbocycles. The van der Waals surface area contributed by atoms with Gasteiger partial charge in [0.25, 0.3) is 5.91 Å². The number of hydrogen-bond acceptors (Lipinski definition) is 4. The number of aliphatic carboxylic acids is 1. The molecule has 2 N–H and O–H groups in total. The van der Waals surface area contributed by atoms with Crippen molar-refractivity contribution in [3.8, 4) is 5.75 Å². The lowest BCUT2D eigenvalue weighted by atomic mass is 9.99. The van der Waals surface area contributed by atoms with Gasteiger partial charge in [0.2, 0.25) is 5.56 Å². The molecule has 0 radical (unpaired) electrons. The van der Waals surface area contributed by atoms with E-state index in [1.165, 1.54) is 22.9 Å². The molecule has 0 spiro atoms. The number of amides is 1. The number of rotatable bonds is 8. The number of nitrogens with zero attached hydrogens (tertiary/aromatic N) is 1. The summed E-state index contributed by atoms with van der Waals surface area (Å²) in [6, 6.07) is 9.93. The molecule has 1 aromatic heterocycles. The molecule has 7 heteroatoms. The van der Waals surface area contributed by atoms with Gasteiger partial charge in [-0.3, -0.25) is 14.4 Å². The maximum Gasteiger partial charge on any atom is 0.308 e. The third-order valence-electron chi connectivity index (χ3n) is 3.92. The molecule has 26 heavy (non-hydrogen) atoms. The van der Waals surface area contributed by atoms with Crippen LogP contribution in [0, 0.1) is 5.92 Å². The monoisotopic (exact) mass is 358 g/mol. The maximum atomic E-state index is 12.2. The molecular weight excluding hydrogens is 336 g/mol. The van der Waals surface area contributed by atoms with E-state index in [4.69, 9.17) is 4.74 Å². The molecule has 1 heterocycles. The number of hydrogen-bond donors (Lipinski definition) is 2. The molecule has 0 unspecified atom stereocenters. The minimum absolute atomic E-state index is 0.00970. The van der Waals surface area contributed by atoms with Crippen LogP contribution in [-0.4, -0.2) is 34.7 Å². The van der Waals surface area contributed by atoms with Crippen LogP contribution in [-0.2, 0) is 18.3 Å². The van der Waals surface area contributed by atoms with E-state index < -0.39 is 17.8 Å². The van der Waals surface area contributed by atoms with Gasteiger partial charge in [0.05, 0.1) is 18.1 Å². The fraction of sp³-hybridized carbons (Fsp3) is 0.316. The van der Waals surface area contributed by atoms with Crippen molar-refractivity contribution in [1.29, 1.82) is 0 Å². The van der Waals surface area contributed by atoms with Gasteiger partial charge in [-0.15, -0.1) is 0 Å². The highest BCUT2D eigenvalue weighted by molar-refractivity contribution is 5.94. The van der Waals surface area contributed by atoms with E-state index in [-0.39, 0.29) is 18.5 Å². The summed E-state index contributed by atoms with van der Waals surface area (Å²) in [5, 5.41) is 12.0. The molecule has 0 saturated heterocycles. The Kier molecular flexibility index (Phi) is 6.54. The Bertz CT molecular complexity index is 827. The largest absolute Gasteiger partial charge is 0.494 e. The number of nitrogens with one attached hydrogen (secondary N) is 1. The van der Waals surface area contributed by atoms with Crippen molar-refractivity contribution in [3.05, 3.63) is 64.1 Å². The molecule has 2 rings (SSSR count). The molecule has 0 bridgehead atoms. The lowest BCUT2D eigenvalue weighted by Gasteiger charge is -2.14. The predicted molar refractivity (Wildman–Crippen MR) is 96.5 cm³/mol. The normalized spacial score (nSPS) is 11.6. The fourth-order valence-electron chi connectivity index (χ4n) is 2.47. The number of carboxylic acid groups (broad SMARTS) is 1. The molecule has 2 aromatic rings. The zero-order valence-corrected chi connectivity index (χ0v) is 14.8. The molecule has 1 aromatic carbocycles. The highest BCUT2D eigenvalue weighted by Gasteiger charge is 2.19. The molecule has 0 fully saturated rings. The van der Waals surface area contributed by atoms with Crippen LogP contribution >= 0.6 is 0 Å². The van der Waals surface area contributed by atoms with E-state index in [0.29, 0.717) is 12.2 Å². The summed E-state index contributed by atoms with van der Waals surface area (Å²) in [4.78, 5) is 35.0. The van der Waals surface area contributed by atoms with Crippen LogP contribution in [0.25, 0.3) is 0 Å². The van der Waals surface area contributed by atoms with Gasteiger partial charge in [0.1, 0.15) is 5.75 Å². The van der Waals surface area contributed by atoms with Gasteiger partial charge in [-0.1, -0.05) is 12.1 Å². The van der Waals surface area contributed by atoms with Crippen LogP contribution in [0.1, 0.15) is 22.8 Å². The molecular formula is C19H22N2O5. The summed E-state index contributed by atoms with van der Waals surface area (Å²) in [6.45, 7) is 2.44. The van der Waals surface area contributed by atoms with Crippen LogP contribution in [0.4, 0.5) is 0 Å². The number of carbonyl (C=O) groups excluding carboxylic acids is 1. The van der Waals surface area contributed by atoms with Crippen molar-refractivity contribution in [2.24, 2.45) is 13.0 Å². The van der Waals surface area contributed by atoms with E-state index in [1.54, 1.807) is 19.2 Å². The number of carboxylic acids is 1. The van der Waals surface area contributed by atoms with Crippen LogP contribution in [0.15, 0.2) is 47.4 Å². The highest BCUT2D eigenvalue weighted by atomic mass is 16.5. The lowest BCUT2D eigenvalue weighted by molar-refractivity contribution is -0.141. The standard InChI is InChI=1S/C19H22N2O5/c1-3-26-16-7-4-13(5-8-16)10-15(19(24)25)11-20-18(23)14-6-9-17(22)21(2)12-14/h4-9,12,15H,3,10-11H2,1-2H3,(H,20,23)(H,24,25)/t15-/m0/s1. The van der Waals surface area contributed by atoms with Crippen molar-refractivity contribution in [1.82, 2.24) is 9.88 Å². The molecule has 138 valence electrons. The Morgan fingerprint density at radius 2 is 1.88 bits per heavy atom. The lowest BCUT2D eigenvalue weighted by Crippen LogP contribution is -2.34. The maximum absolute atomic E-state index is 12.2. The van der Waals surface area contributed by atoms with Crippen molar-refractivity contribution >= 4 is 11.9 Å². The van der Waals surface area contributed by atoms with E-state index in [1.807, 2.05) is 19.1 Å². The first-order valence-electron chi connectivity index (χ1n) is 8.30. The minimum Gasteiger partial charge on any atom is -0.494 e. The van der Waals surface area contributed by atoms with Crippen molar-refractivity contribution in [2.45, 2.75) is 13.3 Å². The number of aryl methyl sites for hydroxylation is 1. The second-order valence-electron chi connectivity index (χ2n) is 5.89. The van der Waals surface area contributed by atoms with Crippen LogP contribution < -0.4 is 15.6 Å². The summed E-state index contributed by atoms with van der Waals surface area (Å²) in [6.07, 6.45) is 1.70. The van der Waals surface area contributed by atoms with Gasteiger partial charge in [-0.2, -0.15) is 0 Å². The summed E-state index contributed by atoms with van der Waals surface area (Å²) in [5.41, 5.74) is 0.926. The predicted octanol–water partition coefficient (Wildman–Crippen LogP) is 1.46. The second kappa shape index (κ2) is 8.84. The number of benzene rings is 1. The average molecular weight is 358 g/mol. The Hall–Kier alpha value is -3.09. The third-order valence-corrected chi connectivity index (χ3v) is 3.92. The van der Waals surface area contributed by atoms with Gasteiger partial charge in [-0.25, -0.2) is 0 Å². The van der Waals surface area contributed by atoms with E-state index in [9.17, 15) is 19.5 Å². The summed E-state index contributed by atoms with van der Waals surface area (Å²) in [5.74, 6) is -1.44. The fourth-order valence-corrected chi connectivity index (χ4v) is 2.47. The van der Waals surface area contributed by atoms with Crippen molar-refractivity contribution in [2.75, 3.05) is 13.2 Å². The van der Waals surface area contributed by atoms with Gasteiger partial charge in [-0.05, 0) is 37.1 Å². The van der Waals surface area contributed by atoms with Crippen molar-refractivity contribution < 1.29 is 19.4 Å². The van der Waals surface area contributed by atoms with Gasteiger partial charge < -0.3 is 19.7 Å². The molecule has 1 atom stereocenters. The van der Waals surface area contributed by atoms with Crippen LogP contribution in [0.2, 0.25) is 0 Å². The summed E-state index contributed by atoms with van der Waals surface area (Å²) in [7, 11) is 1.55. The molecule has 0 aliphatic rings. The molecule has 7 nitrogen and oxygen atoms in total. The number of pyridine rings is 1. The first-order valence-corrected chi connectivity index (χ1v) is 8.30. The minimum atomic E-state index is -0.986. The van der Waals surface area contributed by atoms with Crippen molar-refractivity contribution in [3.63, 3.8) is 0 Å². The van der Waals surface area contributed by atoms with E-state index >= 15 is 0 Å². The number of aromatic nitrogens is 1. The molecule has 0 aliphatic carbocycles. The third kappa shape index (κ3) is 5.20. The summed E-state index contributed by atoms with van der Waals surface area (Å²) >= 11 is 0. The van der Waals surface area contributed by atoms with Crippen LogP contribution in [0.3, 0.4) is 0 Å². The number of carbonyl (C=O) groups is 2. The Morgan fingerprint density at radius 3 is 2.46 bits per heavy atom. The van der Waals surface area contributed by atoms with E-state index in [2.05, 4.69) is 5.32 Å². The Balaban J connectivity index is 1.99. The number of ether oxygens (including phenoxy) is 1. The Labute approximate surface area is 151 Å². The van der Waals surface area contributed by atoms with E-state index in [0.717, 1.165) is 11.3 Å². The average Bonchev–Trinajstić information content (AvgIpc) is 2.62. The topological polar surface area (TPSA) is 97.6 Å². The first-order chi connectivity index (χ1) is 12.4. The molecule has 1 amide bonds. The quantitative estimate of drug-likeness (QED) is 0.744. The van der Waals surface area contributed by atoms with Gasteiger partial charge >= 0.3 is 5.97 Å². The first kappa shape index (κ1) is 19.2. The van der Waals surface area contributed by atoms with Gasteiger partial charge in [0, 0.05) is 25.9 Å². The second-order valence-corrected chi connectivity index (χ2v) is 5.89. The van der Waals surface area contributed by atoms with Crippen LogP contribution in [0.5, 0.6) is 5.75 Å². The van der Waals surface area contributed by atoms with Gasteiger partial charge in [0.15, 0.2) is 0 Å². The Morgan fingerprint density at radius 1 is 1.19 bits per heavy atom. The smallest absolute Gasteiger partial charge is 0.308 e. The zero-order valence-electron chi connectivity index (χ0n) is 14.8. The summed E-state index contributed by atoms with van der Waals surface area (Å²) < 4.78 is 6.66. The SMILES string of the molecule is CCOc1ccc(C[C@@H](CNC(=O)c2ccc(=O)n(C)c2)C(=O)O)cc1.